The summed E-state index contributed by atoms with van der Waals surface area (Å²) in [5, 5.41) is 3.02. The zero-order valence-electron chi connectivity index (χ0n) is 50.0. The molecule has 0 aromatic rings. The van der Waals surface area contributed by atoms with Crippen molar-refractivity contribution < 1.29 is 37.3 Å². The lowest BCUT2D eigenvalue weighted by molar-refractivity contribution is -0.870. The summed E-state index contributed by atoms with van der Waals surface area (Å²) >= 11 is 0. The maximum absolute atomic E-state index is 13.5. The summed E-state index contributed by atoms with van der Waals surface area (Å²) in [5.41, 5.74) is 0. The smallest absolute Gasteiger partial charge is 0.456 e. The van der Waals surface area contributed by atoms with Crippen molar-refractivity contribution in [2.45, 2.75) is 270 Å². The number of nitrogens with zero attached hydrogens (tertiary/aromatic N) is 1. The first-order valence-corrected chi connectivity index (χ1v) is 32.6. The average molecular weight is 1080 g/mol. The standard InChI is InChI=1S/C66H117N2O7P/c1-7-10-13-16-19-22-25-28-30-32-33-34-35-37-39-41-44-47-50-53-56-59-66(70)75-64(57-54-51-48-45-42-27-24-21-18-15-12-9-3)63(62-74-76(71,72)73-61-60-68(4,5)6)67-65(69)58-55-52-49-46-43-40-38-36-31-29-26-23-20-17-14-11-8-2/h19-20,22-23,28-31,33-34,38,40,46,49,54,57,63-64H,7-18,21,24-27,32,35-37,39,41-45,47-48,50-53,55-56,58-62H2,1-6H3,(H-,67,69,71,72)/p+1/b22-19-,23-20-,30-28-,31-29-,34-33-,40-38-,49-46-,57-54+. The number of likely N-dealkylation sites (N-methyl/N-ethyl adjacent to an activating group) is 1. The zero-order chi connectivity index (χ0) is 55.7. The molecule has 0 rings (SSSR count). The van der Waals surface area contributed by atoms with Crippen LogP contribution in [0.4, 0.5) is 0 Å². The highest BCUT2D eigenvalue weighted by Gasteiger charge is 2.30. The van der Waals surface area contributed by atoms with Crippen LogP contribution in [0.2, 0.25) is 0 Å². The molecular weight excluding hydrogens is 964 g/mol. The molecule has 3 atom stereocenters. The SMILES string of the molecule is CCCCC/C=C\C/C=C\C/C=C\C/C=C\CCCC(=O)NC(COP(=O)(O)OCC[N+](C)(C)C)C(/C=C/CCCCCCCCCCCC)OC(=O)CCCCCCCCCC/C=C\C/C=C\C/C=C\CCCCC. The molecule has 0 radical (unpaired) electrons. The molecule has 0 fully saturated rings. The quantitative estimate of drug-likeness (QED) is 0.0205. The van der Waals surface area contributed by atoms with Gasteiger partial charge in [-0.1, -0.05) is 234 Å². The summed E-state index contributed by atoms with van der Waals surface area (Å²) < 4.78 is 30.6. The Bertz CT molecular complexity index is 1620. The number of amides is 1. The predicted molar refractivity (Wildman–Crippen MR) is 327 cm³/mol. The number of nitrogens with one attached hydrogen (secondary N) is 1. The first-order chi connectivity index (χ1) is 36.9. The number of allylic oxidation sites excluding steroid dienone is 15. The number of phosphoric ester groups is 1. The Labute approximate surface area is 468 Å². The minimum atomic E-state index is -4.47. The lowest BCUT2D eigenvalue weighted by atomic mass is 10.0. The van der Waals surface area contributed by atoms with Gasteiger partial charge in [0.25, 0.3) is 0 Å². The van der Waals surface area contributed by atoms with Crippen LogP contribution in [0.1, 0.15) is 258 Å². The Balaban J connectivity index is 5.35. The van der Waals surface area contributed by atoms with E-state index < -0.39 is 20.0 Å². The van der Waals surface area contributed by atoms with E-state index in [0.717, 1.165) is 89.9 Å². The molecule has 0 saturated carbocycles. The third-order valence-corrected chi connectivity index (χ3v) is 14.2. The highest BCUT2D eigenvalue weighted by molar-refractivity contribution is 7.47. The number of hydrogen-bond acceptors (Lipinski definition) is 6. The molecule has 0 heterocycles. The van der Waals surface area contributed by atoms with Crippen molar-refractivity contribution in [1.82, 2.24) is 5.32 Å². The number of unbranched alkanes of at least 4 members (excludes halogenated alkanes) is 25. The van der Waals surface area contributed by atoms with Gasteiger partial charge in [-0.2, -0.15) is 0 Å². The first-order valence-electron chi connectivity index (χ1n) is 31.1. The summed E-state index contributed by atoms with van der Waals surface area (Å²) in [6, 6.07) is -0.885. The Morgan fingerprint density at radius 1 is 0.461 bits per heavy atom. The van der Waals surface area contributed by atoms with Crippen LogP contribution in [0.15, 0.2) is 97.2 Å². The molecular formula is C66H118N2O7P+. The van der Waals surface area contributed by atoms with E-state index in [4.69, 9.17) is 13.8 Å². The number of phosphoric acid groups is 1. The normalized spacial score (nSPS) is 14.4. The molecule has 0 spiro atoms. The molecule has 1 amide bonds. The zero-order valence-corrected chi connectivity index (χ0v) is 50.9. The maximum Gasteiger partial charge on any atom is 0.472 e. The molecule has 0 saturated heterocycles. The van der Waals surface area contributed by atoms with Crippen molar-refractivity contribution in [3.63, 3.8) is 0 Å². The van der Waals surface area contributed by atoms with E-state index in [9.17, 15) is 19.0 Å². The van der Waals surface area contributed by atoms with E-state index in [1.54, 1.807) is 0 Å². The highest BCUT2D eigenvalue weighted by Crippen LogP contribution is 2.43. The fraction of sp³-hybridized carbons (Fsp3) is 0.727. The van der Waals surface area contributed by atoms with Gasteiger partial charge in [-0.3, -0.25) is 18.6 Å². The number of esters is 1. The van der Waals surface area contributed by atoms with Crippen molar-refractivity contribution in [3.05, 3.63) is 97.2 Å². The van der Waals surface area contributed by atoms with Crippen LogP contribution in [-0.4, -0.2) is 74.3 Å². The minimum Gasteiger partial charge on any atom is -0.456 e. The summed E-state index contributed by atoms with van der Waals surface area (Å²) in [5.74, 6) is -0.582. The third kappa shape index (κ3) is 55.7. The van der Waals surface area contributed by atoms with Crippen LogP contribution in [0.3, 0.4) is 0 Å². The number of rotatable bonds is 55. The molecule has 9 nitrogen and oxygen atoms in total. The number of carbonyl (C=O) groups is 2. The van der Waals surface area contributed by atoms with Gasteiger partial charge in [0.1, 0.15) is 19.3 Å². The van der Waals surface area contributed by atoms with Gasteiger partial charge in [0.2, 0.25) is 5.91 Å². The second-order valence-electron chi connectivity index (χ2n) is 21.9. The minimum absolute atomic E-state index is 0.0246. The lowest BCUT2D eigenvalue weighted by Crippen LogP contribution is -2.47. The van der Waals surface area contributed by atoms with Crippen molar-refractivity contribution in [3.8, 4) is 0 Å². The Kier molecular flexibility index (Phi) is 53.0. The largest absolute Gasteiger partial charge is 0.472 e. The molecule has 2 N–H and O–H groups in total. The molecule has 438 valence electrons. The maximum atomic E-state index is 13.5. The van der Waals surface area contributed by atoms with Gasteiger partial charge in [0.15, 0.2) is 0 Å². The van der Waals surface area contributed by atoms with Crippen molar-refractivity contribution >= 4 is 19.7 Å². The summed E-state index contributed by atoms with van der Waals surface area (Å²) in [4.78, 5) is 37.7. The number of carbonyl (C=O) groups excluding carboxylic acids is 2. The van der Waals surface area contributed by atoms with Crippen molar-refractivity contribution in [2.24, 2.45) is 0 Å². The van der Waals surface area contributed by atoms with E-state index in [0.29, 0.717) is 17.4 Å². The fourth-order valence-corrected chi connectivity index (χ4v) is 9.15. The van der Waals surface area contributed by atoms with Gasteiger partial charge in [-0.05, 0) is 109 Å². The van der Waals surface area contributed by atoms with Crippen LogP contribution >= 0.6 is 7.82 Å². The molecule has 0 aromatic carbocycles. The highest BCUT2D eigenvalue weighted by atomic mass is 31.2. The van der Waals surface area contributed by atoms with E-state index >= 15 is 0 Å². The predicted octanol–water partition coefficient (Wildman–Crippen LogP) is 19.2. The molecule has 0 bridgehead atoms. The Morgan fingerprint density at radius 2 is 0.816 bits per heavy atom. The molecule has 3 unspecified atom stereocenters. The molecule has 0 aliphatic rings. The van der Waals surface area contributed by atoms with E-state index in [1.807, 2.05) is 33.3 Å². The fourth-order valence-electron chi connectivity index (χ4n) is 8.41. The second kappa shape index (κ2) is 55.3. The van der Waals surface area contributed by atoms with E-state index in [1.165, 1.54) is 128 Å². The summed E-state index contributed by atoms with van der Waals surface area (Å²) in [6.07, 6.45) is 74.1. The second-order valence-corrected chi connectivity index (χ2v) is 23.3. The molecule has 0 aromatic heterocycles. The molecule has 0 aliphatic heterocycles. The van der Waals surface area contributed by atoms with Crippen molar-refractivity contribution in [1.29, 1.82) is 0 Å². The first kappa shape index (κ1) is 72.9. The van der Waals surface area contributed by atoms with Gasteiger partial charge >= 0.3 is 13.8 Å². The Morgan fingerprint density at radius 3 is 1.25 bits per heavy atom. The summed E-state index contributed by atoms with van der Waals surface area (Å²) in [7, 11) is 1.45. The van der Waals surface area contributed by atoms with Crippen molar-refractivity contribution in [2.75, 3.05) is 40.9 Å². The number of ether oxygens (including phenoxy) is 1. The van der Waals surface area contributed by atoms with Gasteiger partial charge < -0.3 is 19.4 Å². The van der Waals surface area contributed by atoms with Crippen LogP contribution in [0.25, 0.3) is 0 Å². The van der Waals surface area contributed by atoms with Crippen LogP contribution in [0, 0.1) is 0 Å². The van der Waals surface area contributed by atoms with Crippen LogP contribution < -0.4 is 5.32 Å². The monoisotopic (exact) mass is 1080 g/mol. The topological polar surface area (TPSA) is 111 Å². The van der Waals surface area contributed by atoms with Gasteiger partial charge in [0, 0.05) is 12.8 Å². The Hall–Kier alpha value is -3.07. The van der Waals surface area contributed by atoms with Gasteiger partial charge in [-0.25, -0.2) is 4.57 Å². The van der Waals surface area contributed by atoms with Gasteiger partial charge in [0.05, 0.1) is 33.8 Å². The average Bonchev–Trinajstić information content (AvgIpc) is 3.38. The van der Waals surface area contributed by atoms with Crippen LogP contribution in [-0.2, 0) is 27.9 Å². The molecule has 0 aliphatic carbocycles. The van der Waals surface area contributed by atoms with E-state index in [2.05, 4.69) is 111 Å². The number of quaternary nitrogens is 1. The van der Waals surface area contributed by atoms with Gasteiger partial charge in [-0.15, -0.1) is 0 Å². The lowest BCUT2D eigenvalue weighted by Gasteiger charge is -2.27. The molecule has 76 heavy (non-hydrogen) atoms. The van der Waals surface area contributed by atoms with E-state index in [-0.39, 0.29) is 37.9 Å². The third-order valence-electron chi connectivity index (χ3n) is 13.2. The molecule has 10 heteroatoms. The number of hydrogen-bond donors (Lipinski definition) is 2. The summed E-state index contributed by atoms with van der Waals surface area (Å²) in [6.45, 7) is 6.90. The van der Waals surface area contributed by atoms with Crippen LogP contribution in [0.5, 0.6) is 0 Å².